The number of amides is 2. The van der Waals surface area contributed by atoms with E-state index in [0.717, 1.165) is 0 Å². The third kappa shape index (κ3) is 5.01. The summed E-state index contributed by atoms with van der Waals surface area (Å²) in [5.41, 5.74) is 5.03. The van der Waals surface area contributed by atoms with Crippen LogP contribution >= 0.6 is 11.8 Å². The molecule has 4 nitrogen and oxygen atoms in total. The lowest BCUT2D eigenvalue weighted by Crippen LogP contribution is -2.44. The van der Waals surface area contributed by atoms with Crippen molar-refractivity contribution in [3.05, 3.63) is 6.42 Å². The van der Waals surface area contributed by atoms with Crippen molar-refractivity contribution in [2.75, 3.05) is 12.0 Å². The summed E-state index contributed by atoms with van der Waals surface area (Å²) in [7, 11) is 0. The Morgan fingerprint density at radius 3 is 2.58 bits per heavy atom. The van der Waals surface area contributed by atoms with Crippen LogP contribution in [0, 0.1) is 6.42 Å². The zero-order chi connectivity index (χ0) is 9.56. The van der Waals surface area contributed by atoms with Gasteiger partial charge in [0.15, 0.2) is 0 Å². The van der Waals surface area contributed by atoms with Gasteiger partial charge in [0.25, 0.3) is 0 Å². The van der Waals surface area contributed by atoms with Crippen molar-refractivity contribution < 1.29 is 9.59 Å². The number of hydrogen-bond donors (Lipinski definition) is 2. The van der Waals surface area contributed by atoms with Crippen LogP contribution in [0.25, 0.3) is 0 Å². The quantitative estimate of drug-likeness (QED) is 0.615. The van der Waals surface area contributed by atoms with Crippen LogP contribution in [0.4, 0.5) is 0 Å². The Kier molecular flexibility index (Phi) is 5.53. The zero-order valence-electron chi connectivity index (χ0n) is 7.16. The van der Waals surface area contributed by atoms with Crippen LogP contribution < -0.4 is 11.1 Å². The van der Waals surface area contributed by atoms with Gasteiger partial charge in [0.05, 0.1) is 0 Å². The smallest absolute Gasteiger partial charge is 0.240 e. The molecule has 0 bridgehead atoms. The van der Waals surface area contributed by atoms with Crippen LogP contribution in [-0.4, -0.2) is 29.9 Å². The van der Waals surface area contributed by atoms with Gasteiger partial charge in [0.1, 0.15) is 6.04 Å². The molecule has 0 aliphatic rings. The molecule has 2 amide bonds. The van der Waals surface area contributed by atoms with Gasteiger partial charge in [-0.05, 0) is 12.0 Å². The molecular formula is C7H13N2O2S. The molecule has 1 unspecified atom stereocenters. The maximum absolute atomic E-state index is 10.7. The first-order valence-electron chi connectivity index (χ1n) is 3.46. The molecule has 12 heavy (non-hydrogen) atoms. The first kappa shape index (κ1) is 11.3. The summed E-state index contributed by atoms with van der Waals surface area (Å²) in [5, 5.41) is 2.43. The number of thioether (sulfide) groups is 1. The number of hydrogen-bond acceptors (Lipinski definition) is 3. The molecular weight excluding hydrogens is 176 g/mol. The average Bonchev–Trinajstić information content (AvgIpc) is 1.96. The lowest BCUT2D eigenvalue weighted by Gasteiger charge is -2.12. The Morgan fingerprint density at radius 1 is 1.67 bits per heavy atom. The van der Waals surface area contributed by atoms with Gasteiger partial charge in [-0.25, -0.2) is 0 Å². The highest BCUT2D eigenvalue weighted by molar-refractivity contribution is 7.98. The third-order valence-electron chi connectivity index (χ3n) is 1.16. The highest BCUT2D eigenvalue weighted by Crippen LogP contribution is 1.98. The normalized spacial score (nSPS) is 12.2. The highest BCUT2D eigenvalue weighted by Gasteiger charge is 2.15. The average molecular weight is 189 g/mol. The molecule has 5 heteroatoms. The van der Waals surface area contributed by atoms with E-state index in [1.807, 2.05) is 6.26 Å². The summed E-state index contributed by atoms with van der Waals surface area (Å²) in [6.07, 6.45) is 3.58. The number of primary amides is 1. The Bertz CT molecular complexity index is 173. The minimum Gasteiger partial charge on any atom is -0.368 e. The maximum Gasteiger partial charge on any atom is 0.240 e. The summed E-state index contributed by atoms with van der Waals surface area (Å²) >= 11 is 1.56. The minimum atomic E-state index is -0.644. The Morgan fingerprint density at radius 2 is 2.25 bits per heavy atom. The second-order valence-corrected chi connectivity index (χ2v) is 3.18. The lowest BCUT2D eigenvalue weighted by atomic mass is 10.2. The molecule has 0 spiro atoms. The van der Waals surface area contributed by atoms with Gasteiger partial charge in [-0.3, -0.25) is 9.59 Å². The molecule has 0 rings (SSSR count). The van der Waals surface area contributed by atoms with Gasteiger partial charge in [-0.1, -0.05) is 0 Å². The van der Waals surface area contributed by atoms with Crippen molar-refractivity contribution in [1.29, 1.82) is 0 Å². The van der Waals surface area contributed by atoms with E-state index >= 15 is 0 Å². The second-order valence-electron chi connectivity index (χ2n) is 2.27. The third-order valence-corrected chi connectivity index (χ3v) is 1.69. The molecule has 0 fully saturated rings. The zero-order valence-corrected chi connectivity index (χ0v) is 7.98. The van der Waals surface area contributed by atoms with E-state index in [2.05, 4.69) is 5.32 Å². The van der Waals surface area contributed by atoms with E-state index in [0.29, 0.717) is 5.75 Å². The SMILES string of the molecule is CSC[CH]C(NC(C)=O)C(N)=O. The molecule has 69 valence electrons. The van der Waals surface area contributed by atoms with E-state index in [9.17, 15) is 9.59 Å². The predicted molar refractivity (Wildman–Crippen MR) is 49.5 cm³/mol. The Labute approximate surface area is 76.3 Å². The molecule has 0 aromatic heterocycles. The summed E-state index contributed by atoms with van der Waals surface area (Å²) in [6, 6.07) is -0.644. The van der Waals surface area contributed by atoms with E-state index in [1.54, 1.807) is 18.2 Å². The highest BCUT2D eigenvalue weighted by atomic mass is 32.2. The number of nitrogens with two attached hydrogens (primary N) is 1. The number of carbonyl (C=O) groups is 2. The van der Waals surface area contributed by atoms with E-state index in [1.165, 1.54) is 6.92 Å². The first-order valence-corrected chi connectivity index (χ1v) is 4.86. The summed E-state index contributed by atoms with van der Waals surface area (Å²) in [4.78, 5) is 21.3. The van der Waals surface area contributed by atoms with Crippen LogP contribution in [0.5, 0.6) is 0 Å². The molecule has 1 atom stereocenters. The van der Waals surface area contributed by atoms with Crippen LogP contribution in [0.15, 0.2) is 0 Å². The summed E-state index contributed by atoms with van der Waals surface area (Å²) < 4.78 is 0. The number of nitrogens with one attached hydrogen (secondary N) is 1. The van der Waals surface area contributed by atoms with Crippen molar-refractivity contribution in [3.63, 3.8) is 0 Å². The monoisotopic (exact) mass is 189 g/mol. The molecule has 0 heterocycles. The van der Waals surface area contributed by atoms with Gasteiger partial charge in [0, 0.05) is 13.3 Å². The molecule has 0 aromatic carbocycles. The van der Waals surface area contributed by atoms with Gasteiger partial charge < -0.3 is 11.1 Å². The van der Waals surface area contributed by atoms with Crippen molar-refractivity contribution in [1.82, 2.24) is 5.32 Å². The molecule has 0 saturated carbocycles. The molecule has 1 radical (unpaired) electrons. The summed E-state index contributed by atoms with van der Waals surface area (Å²) in [6.45, 7) is 1.35. The van der Waals surface area contributed by atoms with Gasteiger partial charge in [-0.2, -0.15) is 11.8 Å². The standard InChI is InChI=1S/C7H13N2O2S/c1-5(10)9-6(7(8)11)3-4-12-2/h3,6H,4H2,1-2H3,(H2,8,11)(H,9,10). The Hall–Kier alpha value is -0.710. The largest absolute Gasteiger partial charge is 0.368 e. The first-order chi connectivity index (χ1) is 5.57. The van der Waals surface area contributed by atoms with E-state index in [4.69, 9.17) is 5.73 Å². The van der Waals surface area contributed by atoms with Crippen molar-refractivity contribution in [2.45, 2.75) is 13.0 Å². The van der Waals surface area contributed by atoms with Crippen LogP contribution in [0.2, 0.25) is 0 Å². The van der Waals surface area contributed by atoms with Gasteiger partial charge in [0.2, 0.25) is 11.8 Å². The van der Waals surface area contributed by atoms with Crippen LogP contribution in [0.1, 0.15) is 6.92 Å². The Balaban J connectivity index is 3.87. The fourth-order valence-electron chi connectivity index (χ4n) is 0.658. The fraction of sp³-hybridized carbons (Fsp3) is 0.571. The number of carbonyl (C=O) groups excluding carboxylic acids is 2. The second kappa shape index (κ2) is 5.88. The van der Waals surface area contributed by atoms with Gasteiger partial charge in [-0.15, -0.1) is 0 Å². The molecule has 0 saturated heterocycles. The molecule has 0 aliphatic heterocycles. The minimum absolute atomic E-state index is 0.254. The van der Waals surface area contributed by atoms with Crippen molar-refractivity contribution in [2.24, 2.45) is 5.73 Å². The van der Waals surface area contributed by atoms with Crippen LogP contribution in [-0.2, 0) is 9.59 Å². The van der Waals surface area contributed by atoms with Crippen molar-refractivity contribution in [3.8, 4) is 0 Å². The molecule has 0 aromatic rings. The van der Waals surface area contributed by atoms with Crippen molar-refractivity contribution >= 4 is 23.6 Å². The number of rotatable bonds is 5. The maximum atomic E-state index is 10.7. The predicted octanol–water partition coefficient (Wildman–Crippen LogP) is -0.456. The van der Waals surface area contributed by atoms with Crippen LogP contribution in [0.3, 0.4) is 0 Å². The lowest BCUT2D eigenvalue weighted by molar-refractivity contribution is -0.125. The fourth-order valence-corrected chi connectivity index (χ4v) is 1.04. The van der Waals surface area contributed by atoms with E-state index < -0.39 is 11.9 Å². The molecule has 0 aliphatic carbocycles. The van der Waals surface area contributed by atoms with Gasteiger partial charge >= 0.3 is 0 Å². The summed E-state index contributed by atoms with van der Waals surface area (Å²) in [5.74, 6) is -0.0937. The topological polar surface area (TPSA) is 72.2 Å². The van der Waals surface area contributed by atoms with E-state index in [-0.39, 0.29) is 5.91 Å². The molecule has 3 N–H and O–H groups in total.